The largest absolute Gasteiger partial charge is 0.399 e. The summed E-state index contributed by atoms with van der Waals surface area (Å²) in [6.45, 7) is 1.49. The number of ketones is 1. The van der Waals surface area contributed by atoms with Crippen LogP contribution in [0.15, 0.2) is 42.6 Å². The number of Topliss-reactive ketones (excluding diaryl/α,β-unsaturated/α-hetero) is 1. The second-order valence-electron chi connectivity index (χ2n) is 4.06. The summed E-state index contributed by atoms with van der Waals surface area (Å²) in [4.78, 5) is 27.0. The second kappa shape index (κ2) is 5.30. The van der Waals surface area contributed by atoms with Gasteiger partial charge < -0.3 is 11.1 Å². The Hall–Kier alpha value is -2.69. The van der Waals surface area contributed by atoms with E-state index in [0.29, 0.717) is 16.9 Å². The quantitative estimate of drug-likeness (QED) is 0.822. The molecule has 5 nitrogen and oxygen atoms in total. The Bertz CT molecular complexity index is 621. The van der Waals surface area contributed by atoms with Crippen LogP contribution in [-0.2, 0) is 0 Å². The second-order valence-corrected chi connectivity index (χ2v) is 4.06. The fourth-order valence-corrected chi connectivity index (χ4v) is 1.55. The first-order valence-corrected chi connectivity index (χ1v) is 5.70. The molecule has 2 rings (SSSR count). The first-order valence-electron chi connectivity index (χ1n) is 5.70. The molecule has 1 amide bonds. The van der Waals surface area contributed by atoms with Crippen molar-refractivity contribution in [2.45, 2.75) is 6.92 Å². The van der Waals surface area contributed by atoms with Crippen molar-refractivity contribution in [2.24, 2.45) is 0 Å². The molecule has 0 atom stereocenters. The molecular weight excluding hydrogens is 242 g/mol. The number of hydrogen-bond acceptors (Lipinski definition) is 4. The number of carbonyl (C=O) groups excluding carboxylic acids is 2. The topological polar surface area (TPSA) is 85.1 Å². The highest BCUT2D eigenvalue weighted by atomic mass is 16.2. The van der Waals surface area contributed by atoms with Crippen molar-refractivity contribution in [1.29, 1.82) is 0 Å². The lowest BCUT2D eigenvalue weighted by atomic mass is 10.1. The van der Waals surface area contributed by atoms with E-state index in [9.17, 15) is 9.59 Å². The van der Waals surface area contributed by atoms with Crippen molar-refractivity contribution in [2.75, 3.05) is 11.1 Å². The molecule has 0 aliphatic heterocycles. The van der Waals surface area contributed by atoms with Gasteiger partial charge in [0.2, 0.25) is 0 Å². The van der Waals surface area contributed by atoms with E-state index in [1.54, 1.807) is 30.3 Å². The molecule has 19 heavy (non-hydrogen) atoms. The van der Waals surface area contributed by atoms with Crippen molar-refractivity contribution in [3.63, 3.8) is 0 Å². The lowest BCUT2D eigenvalue weighted by Crippen LogP contribution is -2.13. The lowest BCUT2D eigenvalue weighted by molar-refractivity contribution is 0.101. The van der Waals surface area contributed by atoms with Gasteiger partial charge in [-0.1, -0.05) is 0 Å². The van der Waals surface area contributed by atoms with Crippen LogP contribution < -0.4 is 11.1 Å². The highest BCUT2D eigenvalue weighted by Crippen LogP contribution is 2.12. The van der Waals surface area contributed by atoms with Crippen LogP contribution >= 0.6 is 0 Å². The van der Waals surface area contributed by atoms with E-state index in [4.69, 9.17) is 5.73 Å². The molecular formula is C14H13N3O2. The minimum absolute atomic E-state index is 0.0182. The average molecular weight is 255 g/mol. The molecule has 0 radical (unpaired) electrons. The molecule has 0 saturated heterocycles. The number of nitrogen functional groups attached to an aromatic ring is 1. The maximum Gasteiger partial charge on any atom is 0.274 e. The van der Waals surface area contributed by atoms with E-state index < -0.39 is 0 Å². The highest BCUT2D eigenvalue weighted by Gasteiger charge is 2.08. The summed E-state index contributed by atoms with van der Waals surface area (Å²) in [6, 6.07) is 9.76. The number of nitrogens with zero attached hydrogens (tertiary/aromatic N) is 1. The number of rotatable bonds is 3. The van der Waals surface area contributed by atoms with Crippen LogP contribution in [0.4, 0.5) is 11.4 Å². The summed E-state index contributed by atoms with van der Waals surface area (Å²) in [7, 11) is 0. The maximum absolute atomic E-state index is 11.9. The van der Waals surface area contributed by atoms with Crippen LogP contribution in [0, 0.1) is 0 Å². The standard InChI is InChI=1S/C14H13N3O2/c1-9(18)10-2-4-12(5-3-10)17-14(19)13-8-11(15)6-7-16-13/h2-8H,1H3,(H2,15,16)(H,17,19). The molecule has 1 aromatic carbocycles. The molecule has 0 aliphatic rings. The van der Waals surface area contributed by atoms with Gasteiger partial charge in [-0.2, -0.15) is 0 Å². The number of aromatic nitrogens is 1. The molecule has 2 aromatic rings. The van der Waals surface area contributed by atoms with Crippen LogP contribution in [0.25, 0.3) is 0 Å². The summed E-state index contributed by atoms with van der Waals surface area (Å²) >= 11 is 0. The summed E-state index contributed by atoms with van der Waals surface area (Å²) in [5, 5.41) is 2.68. The zero-order chi connectivity index (χ0) is 13.8. The minimum atomic E-state index is -0.345. The third kappa shape index (κ3) is 3.16. The number of hydrogen-bond donors (Lipinski definition) is 2. The first-order chi connectivity index (χ1) is 9.06. The Kier molecular flexibility index (Phi) is 3.56. The number of anilines is 2. The van der Waals surface area contributed by atoms with Gasteiger partial charge in [0.25, 0.3) is 5.91 Å². The first kappa shape index (κ1) is 12.8. The monoisotopic (exact) mass is 255 g/mol. The Morgan fingerprint density at radius 3 is 2.42 bits per heavy atom. The van der Waals surface area contributed by atoms with Crippen molar-refractivity contribution in [3.05, 3.63) is 53.9 Å². The van der Waals surface area contributed by atoms with E-state index in [1.807, 2.05) is 0 Å². The molecule has 0 bridgehead atoms. The van der Waals surface area contributed by atoms with Gasteiger partial charge in [-0.05, 0) is 43.3 Å². The normalized spacial score (nSPS) is 9.95. The van der Waals surface area contributed by atoms with Crippen molar-refractivity contribution < 1.29 is 9.59 Å². The van der Waals surface area contributed by atoms with Gasteiger partial charge in [0.05, 0.1) is 0 Å². The Labute approximate surface area is 110 Å². The van der Waals surface area contributed by atoms with Gasteiger partial charge in [0.1, 0.15) is 5.69 Å². The SMILES string of the molecule is CC(=O)c1ccc(NC(=O)c2cc(N)ccn2)cc1. The van der Waals surface area contributed by atoms with Gasteiger partial charge in [-0.25, -0.2) is 0 Å². The van der Waals surface area contributed by atoms with Gasteiger partial charge in [-0.15, -0.1) is 0 Å². The van der Waals surface area contributed by atoms with Crippen molar-refractivity contribution >= 4 is 23.1 Å². The van der Waals surface area contributed by atoms with Gasteiger partial charge >= 0.3 is 0 Å². The maximum atomic E-state index is 11.9. The number of carbonyl (C=O) groups is 2. The number of nitrogens with one attached hydrogen (secondary N) is 1. The Morgan fingerprint density at radius 2 is 1.84 bits per heavy atom. The summed E-state index contributed by atoms with van der Waals surface area (Å²) < 4.78 is 0. The molecule has 1 heterocycles. The van der Waals surface area contributed by atoms with Crippen LogP contribution in [0.5, 0.6) is 0 Å². The molecule has 0 aliphatic carbocycles. The highest BCUT2D eigenvalue weighted by molar-refractivity contribution is 6.03. The van der Waals surface area contributed by atoms with Gasteiger partial charge in [-0.3, -0.25) is 14.6 Å². The molecule has 0 fully saturated rings. The lowest BCUT2D eigenvalue weighted by Gasteiger charge is -2.05. The average Bonchev–Trinajstić information content (AvgIpc) is 2.39. The van der Waals surface area contributed by atoms with E-state index in [1.165, 1.54) is 19.2 Å². The Balaban J connectivity index is 2.13. The summed E-state index contributed by atoms with van der Waals surface area (Å²) in [5.74, 6) is -0.363. The smallest absolute Gasteiger partial charge is 0.274 e. The van der Waals surface area contributed by atoms with Crippen molar-refractivity contribution in [3.8, 4) is 0 Å². The third-order valence-electron chi connectivity index (χ3n) is 2.57. The fourth-order valence-electron chi connectivity index (χ4n) is 1.55. The van der Waals surface area contributed by atoms with Crippen LogP contribution in [-0.4, -0.2) is 16.7 Å². The summed E-state index contributed by atoms with van der Waals surface area (Å²) in [6.07, 6.45) is 1.48. The summed E-state index contributed by atoms with van der Waals surface area (Å²) in [5.41, 5.74) is 7.50. The number of amides is 1. The molecule has 5 heteroatoms. The Morgan fingerprint density at radius 1 is 1.16 bits per heavy atom. The predicted octanol–water partition coefficient (Wildman–Crippen LogP) is 2.12. The minimum Gasteiger partial charge on any atom is -0.399 e. The zero-order valence-electron chi connectivity index (χ0n) is 10.4. The molecule has 0 spiro atoms. The van der Waals surface area contributed by atoms with E-state index in [2.05, 4.69) is 10.3 Å². The van der Waals surface area contributed by atoms with Crippen LogP contribution in [0.2, 0.25) is 0 Å². The van der Waals surface area contributed by atoms with E-state index in [0.717, 1.165) is 0 Å². The van der Waals surface area contributed by atoms with Crippen LogP contribution in [0.3, 0.4) is 0 Å². The number of benzene rings is 1. The van der Waals surface area contributed by atoms with E-state index in [-0.39, 0.29) is 17.4 Å². The number of nitrogens with two attached hydrogens (primary N) is 1. The molecule has 3 N–H and O–H groups in total. The fraction of sp³-hybridized carbons (Fsp3) is 0.0714. The predicted molar refractivity (Wildman–Crippen MR) is 73.0 cm³/mol. The van der Waals surface area contributed by atoms with Crippen molar-refractivity contribution in [1.82, 2.24) is 4.98 Å². The number of pyridine rings is 1. The van der Waals surface area contributed by atoms with Crippen LogP contribution in [0.1, 0.15) is 27.8 Å². The molecule has 1 aromatic heterocycles. The third-order valence-corrected chi connectivity index (χ3v) is 2.57. The zero-order valence-corrected chi connectivity index (χ0v) is 10.4. The molecule has 0 saturated carbocycles. The van der Waals surface area contributed by atoms with E-state index >= 15 is 0 Å². The molecule has 0 unspecified atom stereocenters. The van der Waals surface area contributed by atoms with Gasteiger partial charge in [0, 0.05) is 23.1 Å². The molecule has 96 valence electrons. The van der Waals surface area contributed by atoms with Gasteiger partial charge in [0.15, 0.2) is 5.78 Å².